The van der Waals surface area contributed by atoms with Crippen LogP contribution in [0.4, 0.5) is 5.69 Å². The Kier molecular flexibility index (Phi) is 5.35. The summed E-state index contributed by atoms with van der Waals surface area (Å²) in [4.78, 5) is 24.4. The number of amides is 1. The largest absolute Gasteiger partial charge is 0.493 e. The highest BCUT2D eigenvalue weighted by atomic mass is 16.7. The molecular weight excluding hydrogens is 354 g/mol. The van der Waals surface area contributed by atoms with Crippen LogP contribution in [0.5, 0.6) is 23.0 Å². The molecule has 0 radical (unpaired) electrons. The van der Waals surface area contributed by atoms with Crippen LogP contribution < -0.4 is 24.3 Å². The first-order valence-corrected chi connectivity index (χ1v) is 8.22. The zero-order valence-electron chi connectivity index (χ0n) is 15.2. The normalized spacial score (nSPS) is 11.7. The molecule has 1 aliphatic rings. The summed E-state index contributed by atoms with van der Waals surface area (Å²) >= 11 is 0. The quantitative estimate of drug-likeness (QED) is 0.778. The number of benzene rings is 2. The number of anilines is 1. The fourth-order valence-corrected chi connectivity index (χ4v) is 2.64. The lowest BCUT2D eigenvalue weighted by Crippen LogP contribution is -2.14. The highest BCUT2D eigenvalue weighted by Gasteiger charge is 2.29. The van der Waals surface area contributed by atoms with Gasteiger partial charge in [0, 0.05) is 11.8 Å². The Bertz CT molecular complexity index is 861. The van der Waals surface area contributed by atoms with Gasteiger partial charge in [-0.15, -0.1) is 0 Å². The standard InChI is InChI=1S/C19H19NO7/c1-4-25-19(22)11-5-7-12(8-6-11)20-18(21)13-9-14(23-2)16-17(15(13)24-3)27-10-26-16/h5-9H,4,10H2,1-3H3,(H,20,21). The Morgan fingerprint density at radius 2 is 1.78 bits per heavy atom. The van der Waals surface area contributed by atoms with E-state index in [-0.39, 0.29) is 18.1 Å². The van der Waals surface area contributed by atoms with Gasteiger partial charge in [-0.05, 0) is 31.2 Å². The molecule has 2 aromatic carbocycles. The van der Waals surface area contributed by atoms with Crippen molar-refractivity contribution in [2.75, 3.05) is 32.9 Å². The van der Waals surface area contributed by atoms with Gasteiger partial charge in [-0.1, -0.05) is 0 Å². The molecule has 1 N–H and O–H groups in total. The highest BCUT2D eigenvalue weighted by molar-refractivity contribution is 6.07. The molecule has 0 aromatic heterocycles. The second kappa shape index (κ2) is 7.86. The van der Waals surface area contributed by atoms with Crippen molar-refractivity contribution in [3.8, 4) is 23.0 Å². The van der Waals surface area contributed by atoms with Gasteiger partial charge in [0.05, 0.1) is 32.0 Å². The number of carbonyl (C=O) groups excluding carboxylic acids is 2. The smallest absolute Gasteiger partial charge is 0.338 e. The third-order valence-corrected chi connectivity index (χ3v) is 3.89. The minimum Gasteiger partial charge on any atom is -0.493 e. The number of fused-ring (bicyclic) bond motifs is 1. The molecule has 0 aliphatic carbocycles. The first-order chi connectivity index (χ1) is 13.1. The average molecular weight is 373 g/mol. The van der Waals surface area contributed by atoms with E-state index in [1.54, 1.807) is 31.2 Å². The van der Waals surface area contributed by atoms with Gasteiger partial charge in [-0.3, -0.25) is 4.79 Å². The lowest BCUT2D eigenvalue weighted by Gasteiger charge is -2.14. The average Bonchev–Trinajstić information content (AvgIpc) is 3.17. The molecule has 1 aliphatic heterocycles. The van der Waals surface area contributed by atoms with Gasteiger partial charge in [-0.2, -0.15) is 0 Å². The molecule has 3 rings (SSSR count). The van der Waals surface area contributed by atoms with Crippen LogP contribution in [0.1, 0.15) is 27.6 Å². The highest BCUT2D eigenvalue weighted by Crippen LogP contribution is 2.49. The van der Waals surface area contributed by atoms with Gasteiger partial charge in [0.25, 0.3) is 5.91 Å². The molecule has 8 heteroatoms. The molecule has 8 nitrogen and oxygen atoms in total. The fourth-order valence-electron chi connectivity index (χ4n) is 2.64. The number of rotatable bonds is 6. The lowest BCUT2D eigenvalue weighted by atomic mass is 10.1. The van der Waals surface area contributed by atoms with Crippen molar-refractivity contribution < 1.29 is 33.3 Å². The molecule has 0 unspecified atom stereocenters. The van der Waals surface area contributed by atoms with Gasteiger partial charge < -0.3 is 29.0 Å². The SMILES string of the molecule is CCOC(=O)c1ccc(NC(=O)c2cc(OC)c3c(c2OC)OCO3)cc1. The molecule has 0 saturated heterocycles. The van der Waals surface area contributed by atoms with Crippen LogP contribution >= 0.6 is 0 Å². The summed E-state index contributed by atoms with van der Waals surface area (Å²) in [5, 5.41) is 2.75. The topological polar surface area (TPSA) is 92.3 Å². The first kappa shape index (κ1) is 18.4. The zero-order chi connectivity index (χ0) is 19.4. The van der Waals surface area contributed by atoms with E-state index >= 15 is 0 Å². The second-order valence-electron chi connectivity index (χ2n) is 5.48. The molecule has 1 heterocycles. The summed E-state index contributed by atoms with van der Waals surface area (Å²) in [7, 11) is 2.91. The molecule has 142 valence electrons. The van der Waals surface area contributed by atoms with Crippen LogP contribution in [0, 0.1) is 0 Å². The Balaban J connectivity index is 1.85. The molecule has 0 fully saturated rings. The minimum absolute atomic E-state index is 0.0163. The van der Waals surface area contributed by atoms with E-state index in [0.717, 1.165) is 0 Å². The number of hydrogen-bond acceptors (Lipinski definition) is 7. The third kappa shape index (κ3) is 3.59. The van der Waals surface area contributed by atoms with Crippen LogP contribution in [0.2, 0.25) is 0 Å². The number of nitrogens with one attached hydrogen (secondary N) is 1. The van der Waals surface area contributed by atoms with Gasteiger partial charge >= 0.3 is 5.97 Å². The molecule has 2 aromatic rings. The van der Waals surface area contributed by atoms with Gasteiger partial charge in [0.15, 0.2) is 11.5 Å². The minimum atomic E-state index is -0.424. The van der Waals surface area contributed by atoms with E-state index in [4.69, 9.17) is 23.7 Å². The summed E-state index contributed by atoms with van der Waals surface area (Å²) < 4.78 is 26.3. The van der Waals surface area contributed by atoms with Crippen molar-refractivity contribution in [3.63, 3.8) is 0 Å². The summed E-state index contributed by atoms with van der Waals surface area (Å²) in [6.45, 7) is 2.05. The maximum Gasteiger partial charge on any atom is 0.338 e. The Morgan fingerprint density at radius 1 is 1.07 bits per heavy atom. The van der Waals surface area contributed by atoms with Gasteiger partial charge in [-0.25, -0.2) is 4.79 Å². The fraction of sp³-hybridized carbons (Fsp3) is 0.263. The number of esters is 1. The third-order valence-electron chi connectivity index (χ3n) is 3.89. The molecule has 0 saturated carbocycles. The van der Waals surface area contributed by atoms with Gasteiger partial charge in [0.2, 0.25) is 18.3 Å². The molecule has 0 spiro atoms. The maximum atomic E-state index is 12.7. The van der Waals surface area contributed by atoms with Crippen molar-refractivity contribution in [1.82, 2.24) is 0 Å². The lowest BCUT2D eigenvalue weighted by molar-refractivity contribution is 0.0526. The van der Waals surface area contributed by atoms with Crippen molar-refractivity contribution in [1.29, 1.82) is 0 Å². The van der Waals surface area contributed by atoms with E-state index in [1.165, 1.54) is 20.3 Å². The molecule has 0 atom stereocenters. The summed E-state index contributed by atoms with van der Waals surface area (Å²) in [6.07, 6.45) is 0. The summed E-state index contributed by atoms with van der Waals surface area (Å²) in [5.74, 6) is 0.490. The summed E-state index contributed by atoms with van der Waals surface area (Å²) in [5.41, 5.74) is 1.14. The van der Waals surface area contributed by atoms with E-state index in [0.29, 0.717) is 35.1 Å². The van der Waals surface area contributed by atoms with Gasteiger partial charge in [0.1, 0.15) is 0 Å². The summed E-state index contributed by atoms with van der Waals surface area (Å²) in [6, 6.07) is 7.90. The molecule has 0 bridgehead atoms. The van der Waals surface area contributed by atoms with E-state index in [9.17, 15) is 9.59 Å². The maximum absolute atomic E-state index is 12.7. The Morgan fingerprint density at radius 3 is 2.41 bits per heavy atom. The Hall–Kier alpha value is -3.42. The van der Waals surface area contributed by atoms with Crippen LogP contribution in [0.25, 0.3) is 0 Å². The van der Waals surface area contributed by atoms with Crippen molar-refractivity contribution in [3.05, 3.63) is 41.5 Å². The molecular formula is C19H19NO7. The van der Waals surface area contributed by atoms with Crippen LogP contribution in [0.3, 0.4) is 0 Å². The number of hydrogen-bond donors (Lipinski definition) is 1. The van der Waals surface area contributed by atoms with Crippen molar-refractivity contribution >= 4 is 17.6 Å². The predicted octanol–water partition coefficient (Wildman–Crippen LogP) is 2.86. The van der Waals surface area contributed by atoms with E-state index < -0.39 is 11.9 Å². The van der Waals surface area contributed by atoms with Crippen molar-refractivity contribution in [2.45, 2.75) is 6.92 Å². The second-order valence-corrected chi connectivity index (χ2v) is 5.48. The number of carbonyl (C=O) groups is 2. The first-order valence-electron chi connectivity index (χ1n) is 8.22. The number of methoxy groups -OCH3 is 2. The molecule has 27 heavy (non-hydrogen) atoms. The van der Waals surface area contributed by atoms with Crippen LogP contribution in [-0.4, -0.2) is 39.5 Å². The predicted molar refractivity (Wildman–Crippen MR) is 96.0 cm³/mol. The van der Waals surface area contributed by atoms with E-state index in [1.807, 2.05) is 0 Å². The van der Waals surface area contributed by atoms with E-state index in [2.05, 4.69) is 5.32 Å². The zero-order valence-corrected chi connectivity index (χ0v) is 15.2. The monoisotopic (exact) mass is 373 g/mol. The van der Waals surface area contributed by atoms with Crippen LogP contribution in [-0.2, 0) is 4.74 Å². The molecule has 1 amide bonds. The Labute approximate surface area is 155 Å². The van der Waals surface area contributed by atoms with Crippen molar-refractivity contribution in [2.24, 2.45) is 0 Å². The van der Waals surface area contributed by atoms with Crippen LogP contribution in [0.15, 0.2) is 30.3 Å². The number of ether oxygens (including phenoxy) is 5.